The Morgan fingerprint density at radius 2 is 1.73 bits per heavy atom. The lowest BCUT2D eigenvalue weighted by molar-refractivity contribution is -0.137. The van der Waals surface area contributed by atoms with Gasteiger partial charge in [0.1, 0.15) is 0 Å². The molecule has 0 bridgehead atoms. The lowest BCUT2D eigenvalue weighted by Crippen LogP contribution is -1.90. The average molecular weight is 162 g/mol. The van der Waals surface area contributed by atoms with Crippen molar-refractivity contribution in [2.45, 2.75) is 33.6 Å². The molecule has 0 aliphatic carbocycles. The largest absolute Gasteiger partial charge is 0.481 e. The van der Waals surface area contributed by atoms with Crippen LogP contribution in [0.5, 0.6) is 0 Å². The van der Waals surface area contributed by atoms with Gasteiger partial charge in [0.2, 0.25) is 0 Å². The SMILES string of the molecule is CCCC(=O)O.CCOCC. The first-order valence-corrected chi connectivity index (χ1v) is 3.98. The first kappa shape index (κ1) is 13.1. The predicted octanol–water partition coefficient (Wildman–Crippen LogP) is 1.91. The Hall–Kier alpha value is -0.570. The zero-order valence-electron chi connectivity index (χ0n) is 7.59. The van der Waals surface area contributed by atoms with Crippen LogP contribution in [0.1, 0.15) is 33.6 Å². The molecule has 0 atom stereocenters. The van der Waals surface area contributed by atoms with Crippen molar-refractivity contribution in [2.75, 3.05) is 13.2 Å². The standard InChI is InChI=1S/C4H8O2.C4H10O/c1-2-3-4(5)6;1-3-5-4-2/h2-3H2,1H3,(H,5,6);3-4H2,1-2H3. The fourth-order valence-corrected chi connectivity index (χ4v) is 0.418. The molecule has 1 N–H and O–H groups in total. The van der Waals surface area contributed by atoms with Gasteiger partial charge in [-0.05, 0) is 20.3 Å². The average Bonchev–Trinajstić information content (AvgIpc) is 1.90. The monoisotopic (exact) mass is 162 g/mol. The third-order valence-electron chi connectivity index (χ3n) is 0.872. The quantitative estimate of drug-likeness (QED) is 0.686. The van der Waals surface area contributed by atoms with Crippen molar-refractivity contribution in [1.82, 2.24) is 0 Å². The van der Waals surface area contributed by atoms with Crippen LogP contribution in [0, 0.1) is 0 Å². The molecule has 0 radical (unpaired) electrons. The summed E-state index contributed by atoms with van der Waals surface area (Å²) < 4.78 is 4.83. The van der Waals surface area contributed by atoms with Gasteiger partial charge < -0.3 is 9.84 Å². The van der Waals surface area contributed by atoms with Gasteiger partial charge in [0, 0.05) is 19.6 Å². The second kappa shape index (κ2) is 12.1. The van der Waals surface area contributed by atoms with E-state index >= 15 is 0 Å². The highest BCUT2D eigenvalue weighted by atomic mass is 16.5. The molecule has 0 saturated heterocycles. The van der Waals surface area contributed by atoms with E-state index in [-0.39, 0.29) is 0 Å². The fourth-order valence-electron chi connectivity index (χ4n) is 0.418. The van der Waals surface area contributed by atoms with E-state index in [0.717, 1.165) is 19.6 Å². The number of carboxylic acids is 1. The molecule has 0 aromatic carbocycles. The fraction of sp³-hybridized carbons (Fsp3) is 0.875. The minimum atomic E-state index is -0.711. The van der Waals surface area contributed by atoms with Crippen LogP contribution in [0.25, 0.3) is 0 Å². The van der Waals surface area contributed by atoms with E-state index in [1.165, 1.54) is 0 Å². The number of hydrogen-bond acceptors (Lipinski definition) is 2. The van der Waals surface area contributed by atoms with Crippen molar-refractivity contribution in [3.8, 4) is 0 Å². The van der Waals surface area contributed by atoms with Crippen molar-refractivity contribution in [1.29, 1.82) is 0 Å². The number of carbonyl (C=O) groups is 1. The highest BCUT2D eigenvalue weighted by Crippen LogP contribution is 1.82. The van der Waals surface area contributed by atoms with Gasteiger partial charge in [-0.3, -0.25) is 4.79 Å². The Kier molecular flexibility index (Phi) is 14.4. The third-order valence-corrected chi connectivity index (χ3v) is 0.872. The van der Waals surface area contributed by atoms with Gasteiger partial charge >= 0.3 is 5.97 Å². The van der Waals surface area contributed by atoms with Gasteiger partial charge in [0.25, 0.3) is 0 Å². The van der Waals surface area contributed by atoms with Gasteiger partial charge in [0.05, 0.1) is 0 Å². The Morgan fingerprint density at radius 1 is 1.27 bits per heavy atom. The summed E-state index contributed by atoms with van der Waals surface area (Å²) in [4.78, 5) is 9.60. The van der Waals surface area contributed by atoms with Gasteiger partial charge in [-0.2, -0.15) is 0 Å². The molecule has 11 heavy (non-hydrogen) atoms. The van der Waals surface area contributed by atoms with Crippen molar-refractivity contribution in [2.24, 2.45) is 0 Å². The van der Waals surface area contributed by atoms with E-state index in [0.29, 0.717) is 6.42 Å². The summed E-state index contributed by atoms with van der Waals surface area (Å²) >= 11 is 0. The van der Waals surface area contributed by atoms with Crippen molar-refractivity contribution in [3.05, 3.63) is 0 Å². The van der Waals surface area contributed by atoms with Crippen LogP contribution in [0.3, 0.4) is 0 Å². The Balaban J connectivity index is 0. The van der Waals surface area contributed by atoms with Crippen molar-refractivity contribution in [3.63, 3.8) is 0 Å². The molecule has 0 aromatic heterocycles. The van der Waals surface area contributed by atoms with Crippen molar-refractivity contribution >= 4 is 5.97 Å². The lowest BCUT2D eigenvalue weighted by atomic mass is 10.4. The molecule has 3 heteroatoms. The summed E-state index contributed by atoms with van der Waals surface area (Å²) in [6.07, 6.45) is 1.02. The highest BCUT2D eigenvalue weighted by molar-refractivity contribution is 5.66. The number of carboxylic acid groups (broad SMARTS) is 1. The maximum Gasteiger partial charge on any atom is 0.303 e. The normalized spacial score (nSPS) is 8.27. The van der Waals surface area contributed by atoms with Crippen LogP contribution in [-0.4, -0.2) is 24.3 Å². The van der Waals surface area contributed by atoms with E-state index in [4.69, 9.17) is 9.84 Å². The minimum absolute atomic E-state index is 0.292. The van der Waals surface area contributed by atoms with Gasteiger partial charge in [-0.25, -0.2) is 0 Å². The number of ether oxygens (including phenoxy) is 1. The Morgan fingerprint density at radius 3 is 1.73 bits per heavy atom. The number of aliphatic carboxylic acids is 1. The molecule has 0 saturated carbocycles. The van der Waals surface area contributed by atoms with E-state index in [2.05, 4.69) is 0 Å². The molecule has 0 heterocycles. The van der Waals surface area contributed by atoms with E-state index in [1.807, 2.05) is 20.8 Å². The smallest absolute Gasteiger partial charge is 0.303 e. The molecule has 0 aliphatic heterocycles. The van der Waals surface area contributed by atoms with Gasteiger partial charge in [0.15, 0.2) is 0 Å². The molecule has 0 aliphatic rings. The molecule has 0 unspecified atom stereocenters. The second-order valence-corrected chi connectivity index (χ2v) is 1.93. The van der Waals surface area contributed by atoms with Gasteiger partial charge in [-0.15, -0.1) is 0 Å². The van der Waals surface area contributed by atoms with Crippen LogP contribution in [-0.2, 0) is 9.53 Å². The van der Waals surface area contributed by atoms with Crippen LogP contribution in [0.15, 0.2) is 0 Å². The van der Waals surface area contributed by atoms with E-state index in [1.54, 1.807) is 0 Å². The van der Waals surface area contributed by atoms with Crippen LogP contribution in [0.2, 0.25) is 0 Å². The molecule has 3 nitrogen and oxygen atoms in total. The summed E-state index contributed by atoms with van der Waals surface area (Å²) in [5, 5.41) is 7.91. The second-order valence-electron chi connectivity index (χ2n) is 1.93. The Labute approximate surface area is 68.4 Å². The van der Waals surface area contributed by atoms with Gasteiger partial charge in [-0.1, -0.05) is 6.92 Å². The summed E-state index contributed by atoms with van der Waals surface area (Å²) in [7, 11) is 0. The van der Waals surface area contributed by atoms with E-state index < -0.39 is 5.97 Å². The van der Waals surface area contributed by atoms with Crippen LogP contribution >= 0.6 is 0 Å². The highest BCUT2D eigenvalue weighted by Gasteiger charge is 1.87. The number of rotatable bonds is 4. The molecule has 68 valence electrons. The third kappa shape index (κ3) is 26.5. The minimum Gasteiger partial charge on any atom is -0.481 e. The van der Waals surface area contributed by atoms with Crippen molar-refractivity contribution < 1.29 is 14.6 Å². The molecule has 0 amide bonds. The molecule has 0 aromatic rings. The molecule has 0 fully saturated rings. The topological polar surface area (TPSA) is 46.5 Å². The molecular weight excluding hydrogens is 144 g/mol. The zero-order chi connectivity index (χ0) is 9.11. The first-order valence-electron chi connectivity index (χ1n) is 3.98. The lowest BCUT2D eigenvalue weighted by Gasteiger charge is -1.86. The zero-order valence-corrected chi connectivity index (χ0v) is 7.59. The summed E-state index contributed by atoms with van der Waals surface area (Å²) in [5.41, 5.74) is 0. The maximum absolute atomic E-state index is 9.60. The summed E-state index contributed by atoms with van der Waals surface area (Å²) in [6.45, 7) is 7.51. The number of hydrogen-bond donors (Lipinski definition) is 1. The predicted molar refractivity (Wildman–Crippen MR) is 44.7 cm³/mol. The van der Waals surface area contributed by atoms with Crippen LogP contribution in [0.4, 0.5) is 0 Å². The molecule has 0 rings (SSSR count). The molecular formula is C8H18O3. The first-order chi connectivity index (χ1) is 5.18. The molecule has 0 spiro atoms. The van der Waals surface area contributed by atoms with E-state index in [9.17, 15) is 4.79 Å². The van der Waals surface area contributed by atoms with Crippen LogP contribution < -0.4 is 0 Å². The Bertz CT molecular complexity index is 79.4. The maximum atomic E-state index is 9.60. The summed E-state index contributed by atoms with van der Waals surface area (Å²) in [5.74, 6) is -0.711. The summed E-state index contributed by atoms with van der Waals surface area (Å²) in [6, 6.07) is 0.